The molecular weight excluding hydrogens is 250 g/mol. The molecule has 4 fully saturated rings. The van der Waals surface area contributed by atoms with Crippen LogP contribution in [0.4, 0.5) is 0 Å². The van der Waals surface area contributed by atoms with Gasteiger partial charge in [-0.05, 0) is 43.9 Å². The van der Waals surface area contributed by atoms with Gasteiger partial charge in [-0.25, -0.2) is 0 Å². The Bertz CT molecular complexity index is 215. The van der Waals surface area contributed by atoms with Crippen molar-refractivity contribution in [3.63, 3.8) is 0 Å². The van der Waals surface area contributed by atoms with Crippen LogP contribution in [0.3, 0.4) is 0 Å². The lowest BCUT2D eigenvalue weighted by Gasteiger charge is -2.57. The molecule has 0 aliphatic heterocycles. The Kier molecular flexibility index (Phi) is 2.96. The first-order chi connectivity index (χ1) is 6.54. The van der Waals surface area contributed by atoms with Gasteiger partial charge in [0.05, 0.1) is 27.2 Å². The zero-order chi connectivity index (χ0) is 9.92. The molecule has 2 heteroatoms. The second-order valence-corrected chi connectivity index (χ2v) is 7.04. The molecule has 0 aromatic carbocycles. The summed E-state index contributed by atoms with van der Waals surface area (Å²) in [5.41, 5.74) is 0. The van der Waals surface area contributed by atoms with Gasteiger partial charge in [-0.2, -0.15) is 0 Å². The van der Waals surface area contributed by atoms with Crippen LogP contribution in [0.5, 0.6) is 0 Å². The minimum Gasteiger partial charge on any atom is -1.00 e. The van der Waals surface area contributed by atoms with E-state index in [9.17, 15) is 0 Å². The van der Waals surface area contributed by atoms with Crippen molar-refractivity contribution in [3.05, 3.63) is 0 Å². The van der Waals surface area contributed by atoms with Gasteiger partial charge >= 0.3 is 0 Å². The SMILES string of the molecule is C[N+](C)(C)C1C2CC3CC(C2)CC1C3.[Br-]. The normalized spacial score (nSPS) is 47.8. The van der Waals surface area contributed by atoms with Crippen molar-refractivity contribution in [1.82, 2.24) is 0 Å². The molecule has 88 valence electrons. The fourth-order valence-corrected chi connectivity index (χ4v) is 5.16. The van der Waals surface area contributed by atoms with Crippen molar-refractivity contribution < 1.29 is 21.5 Å². The molecule has 0 heterocycles. The van der Waals surface area contributed by atoms with Crippen LogP contribution >= 0.6 is 0 Å². The van der Waals surface area contributed by atoms with Crippen molar-refractivity contribution in [2.24, 2.45) is 23.7 Å². The van der Waals surface area contributed by atoms with E-state index in [0.29, 0.717) is 0 Å². The predicted octanol–water partition coefficient (Wildman–Crippen LogP) is -0.479. The highest BCUT2D eigenvalue weighted by molar-refractivity contribution is 4.98. The Morgan fingerprint density at radius 1 is 0.733 bits per heavy atom. The van der Waals surface area contributed by atoms with Gasteiger partial charge < -0.3 is 21.5 Å². The number of nitrogens with zero attached hydrogens (tertiary/aromatic N) is 1. The average Bonchev–Trinajstić information content (AvgIpc) is 1.97. The highest BCUT2D eigenvalue weighted by Crippen LogP contribution is 2.55. The van der Waals surface area contributed by atoms with Gasteiger partial charge in [-0.1, -0.05) is 0 Å². The smallest absolute Gasteiger partial charge is 0.0941 e. The number of hydrogen-bond acceptors (Lipinski definition) is 0. The molecule has 1 nitrogen and oxygen atoms in total. The molecular formula is C13H24BrN. The van der Waals surface area contributed by atoms with Gasteiger partial charge in [0.2, 0.25) is 0 Å². The molecule has 4 aliphatic carbocycles. The van der Waals surface area contributed by atoms with Crippen LogP contribution in [0.1, 0.15) is 32.1 Å². The van der Waals surface area contributed by atoms with Gasteiger partial charge in [0.1, 0.15) is 0 Å². The second kappa shape index (κ2) is 3.73. The van der Waals surface area contributed by atoms with Crippen molar-refractivity contribution in [1.29, 1.82) is 0 Å². The van der Waals surface area contributed by atoms with Crippen molar-refractivity contribution >= 4 is 0 Å². The van der Waals surface area contributed by atoms with E-state index in [2.05, 4.69) is 21.1 Å². The minimum absolute atomic E-state index is 0. The molecule has 15 heavy (non-hydrogen) atoms. The Morgan fingerprint density at radius 3 is 1.47 bits per heavy atom. The van der Waals surface area contributed by atoms with Gasteiger partial charge in [0.15, 0.2) is 0 Å². The summed E-state index contributed by atoms with van der Waals surface area (Å²) < 4.78 is 1.22. The Morgan fingerprint density at radius 2 is 1.13 bits per heavy atom. The van der Waals surface area contributed by atoms with Crippen LogP contribution < -0.4 is 17.0 Å². The molecule has 0 N–H and O–H groups in total. The van der Waals surface area contributed by atoms with Gasteiger partial charge in [-0.3, -0.25) is 0 Å². The van der Waals surface area contributed by atoms with Crippen LogP contribution in [0.2, 0.25) is 0 Å². The first-order valence-corrected chi connectivity index (χ1v) is 6.35. The predicted molar refractivity (Wildman–Crippen MR) is 58.9 cm³/mol. The summed E-state index contributed by atoms with van der Waals surface area (Å²) in [6.45, 7) is 0. The minimum atomic E-state index is 0. The Labute approximate surface area is 105 Å². The zero-order valence-corrected chi connectivity index (χ0v) is 11.8. The summed E-state index contributed by atoms with van der Waals surface area (Å²) in [4.78, 5) is 0. The van der Waals surface area contributed by atoms with Crippen LogP contribution in [0.25, 0.3) is 0 Å². The molecule has 0 atom stereocenters. The fourth-order valence-electron chi connectivity index (χ4n) is 5.16. The maximum atomic E-state index is 2.41. The first kappa shape index (κ1) is 11.9. The number of quaternary nitrogens is 1. The zero-order valence-electron chi connectivity index (χ0n) is 10.2. The fraction of sp³-hybridized carbons (Fsp3) is 1.00. The Balaban J connectivity index is 0.000000853. The molecule has 0 amide bonds. The molecule has 0 aromatic heterocycles. The van der Waals surface area contributed by atoms with E-state index in [1.165, 1.54) is 4.48 Å². The summed E-state index contributed by atoms with van der Waals surface area (Å²) in [6.07, 6.45) is 7.83. The maximum Gasteiger partial charge on any atom is 0.0941 e. The second-order valence-electron chi connectivity index (χ2n) is 7.04. The Hall–Kier alpha value is 0.440. The molecule has 0 unspecified atom stereocenters. The van der Waals surface area contributed by atoms with E-state index in [0.717, 1.165) is 29.7 Å². The van der Waals surface area contributed by atoms with Crippen LogP contribution in [0.15, 0.2) is 0 Å². The maximum absolute atomic E-state index is 2.41. The van der Waals surface area contributed by atoms with Crippen LogP contribution in [-0.4, -0.2) is 31.7 Å². The molecule has 4 bridgehead atoms. The van der Waals surface area contributed by atoms with Crippen molar-refractivity contribution in [2.45, 2.75) is 38.1 Å². The standard InChI is InChI=1S/C13H24N.BrH/c1-14(2,3)13-11-5-9-4-10(7-11)8-12(13)6-9;/h9-13H,4-8H2,1-3H3;1H/q+1;/p-1. The lowest BCUT2D eigenvalue weighted by Crippen LogP contribution is -3.00. The summed E-state index contributed by atoms with van der Waals surface area (Å²) >= 11 is 0. The van der Waals surface area contributed by atoms with E-state index in [1.807, 2.05) is 0 Å². The summed E-state index contributed by atoms with van der Waals surface area (Å²) in [5.74, 6) is 4.40. The lowest BCUT2D eigenvalue weighted by atomic mass is 9.53. The van der Waals surface area contributed by atoms with Crippen molar-refractivity contribution in [2.75, 3.05) is 21.1 Å². The molecule has 4 aliphatic rings. The molecule has 4 rings (SSSR count). The summed E-state index contributed by atoms with van der Waals surface area (Å²) in [5, 5.41) is 0. The van der Waals surface area contributed by atoms with E-state index < -0.39 is 0 Å². The van der Waals surface area contributed by atoms with Gasteiger partial charge in [-0.15, -0.1) is 0 Å². The van der Waals surface area contributed by atoms with Crippen LogP contribution in [0, 0.1) is 23.7 Å². The lowest BCUT2D eigenvalue weighted by molar-refractivity contribution is -0.907. The quantitative estimate of drug-likeness (QED) is 0.567. The van der Waals surface area contributed by atoms with E-state index in [1.54, 1.807) is 32.1 Å². The molecule has 0 radical (unpaired) electrons. The third-order valence-corrected chi connectivity index (χ3v) is 5.07. The van der Waals surface area contributed by atoms with Gasteiger partial charge in [0, 0.05) is 11.8 Å². The van der Waals surface area contributed by atoms with E-state index >= 15 is 0 Å². The largest absolute Gasteiger partial charge is 1.00 e. The molecule has 0 aromatic rings. The highest BCUT2D eigenvalue weighted by atomic mass is 79.9. The molecule has 4 saturated carbocycles. The summed E-state index contributed by atoms with van der Waals surface area (Å²) in [7, 11) is 7.23. The van der Waals surface area contributed by atoms with Crippen molar-refractivity contribution in [3.8, 4) is 0 Å². The van der Waals surface area contributed by atoms with E-state index in [-0.39, 0.29) is 17.0 Å². The third-order valence-electron chi connectivity index (χ3n) is 5.07. The van der Waals surface area contributed by atoms with Gasteiger partial charge in [0.25, 0.3) is 0 Å². The molecule has 0 saturated heterocycles. The number of halogens is 1. The molecule has 0 spiro atoms. The number of rotatable bonds is 1. The van der Waals surface area contributed by atoms with Crippen LogP contribution in [-0.2, 0) is 0 Å². The monoisotopic (exact) mass is 273 g/mol. The highest BCUT2D eigenvalue weighted by Gasteiger charge is 2.53. The first-order valence-electron chi connectivity index (χ1n) is 6.35. The third kappa shape index (κ3) is 1.88. The summed E-state index contributed by atoms with van der Waals surface area (Å²) in [6, 6.07) is 0.989. The number of hydrogen-bond donors (Lipinski definition) is 0. The topological polar surface area (TPSA) is 0 Å². The van der Waals surface area contributed by atoms with E-state index in [4.69, 9.17) is 0 Å². The average molecular weight is 274 g/mol.